The molecule has 0 atom stereocenters. The molecule has 3 aromatic rings. The van der Waals surface area contributed by atoms with Gasteiger partial charge in [-0.05, 0) is 36.8 Å². The Hall–Kier alpha value is -3.09. The maximum absolute atomic E-state index is 12.4. The summed E-state index contributed by atoms with van der Waals surface area (Å²) in [7, 11) is 1.49. The second-order valence-corrected chi connectivity index (χ2v) is 5.93. The van der Waals surface area contributed by atoms with Crippen LogP contribution in [0.3, 0.4) is 0 Å². The molecule has 0 bridgehead atoms. The highest BCUT2D eigenvalue weighted by atomic mass is 16.7. The second kappa shape index (κ2) is 5.77. The van der Waals surface area contributed by atoms with Crippen molar-refractivity contribution < 1.29 is 9.47 Å². The maximum Gasteiger partial charge on any atom is 0.332 e. The predicted molar refractivity (Wildman–Crippen MR) is 93.1 cm³/mol. The summed E-state index contributed by atoms with van der Waals surface area (Å²) in [6.07, 6.45) is 0.767. The highest BCUT2D eigenvalue weighted by molar-refractivity contribution is 5.78. The Kier molecular flexibility index (Phi) is 3.56. The van der Waals surface area contributed by atoms with Crippen LogP contribution in [0, 0.1) is 0 Å². The number of benzene rings is 1. The van der Waals surface area contributed by atoms with Crippen LogP contribution < -0.4 is 20.7 Å². The molecule has 7 heteroatoms. The zero-order valence-electron chi connectivity index (χ0n) is 14.0. The third kappa shape index (κ3) is 2.39. The number of nitrogens with zero attached hydrogens (tertiary/aromatic N) is 3. The van der Waals surface area contributed by atoms with Gasteiger partial charge in [-0.1, -0.05) is 6.92 Å². The molecule has 0 aliphatic carbocycles. The fraction of sp³-hybridized carbons (Fsp3) is 0.278. The quantitative estimate of drug-likeness (QED) is 0.728. The molecular formula is C18H17N3O4. The van der Waals surface area contributed by atoms with Crippen LogP contribution in [0.25, 0.3) is 22.3 Å². The molecule has 0 N–H and O–H groups in total. The molecule has 0 saturated heterocycles. The molecule has 7 nitrogen and oxygen atoms in total. The average molecular weight is 339 g/mol. The van der Waals surface area contributed by atoms with Crippen molar-refractivity contribution in [2.24, 2.45) is 7.05 Å². The number of rotatable bonds is 3. The molecule has 1 aliphatic rings. The van der Waals surface area contributed by atoms with E-state index >= 15 is 0 Å². The number of hydrogen-bond acceptors (Lipinski definition) is 5. The summed E-state index contributed by atoms with van der Waals surface area (Å²) < 4.78 is 13.4. The Morgan fingerprint density at radius 3 is 2.72 bits per heavy atom. The van der Waals surface area contributed by atoms with E-state index in [9.17, 15) is 9.59 Å². The Morgan fingerprint density at radius 2 is 1.92 bits per heavy atom. The van der Waals surface area contributed by atoms with Crippen molar-refractivity contribution in [2.75, 3.05) is 6.79 Å². The number of aryl methyl sites for hydroxylation is 1. The average Bonchev–Trinajstić information content (AvgIpc) is 3.10. The lowest BCUT2D eigenvalue weighted by Crippen LogP contribution is -2.38. The van der Waals surface area contributed by atoms with E-state index in [2.05, 4.69) is 4.98 Å². The van der Waals surface area contributed by atoms with Crippen LogP contribution in [-0.2, 0) is 13.6 Å². The minimum absolute atomic E-state index is 0.204. The summed E-state index contributed by atoms with van der Waals surface area (Å²) in [5.41, 5.74) is 1.22. The SMILES string of the molecule is CCCn1c(=O)n(C)c(=O)c2ccc(-c3ccc4c(c3)OCO4)nc21. The number of hydrogen-bond donors (Lipinski definition) is 0. The first-order valence-corrected chi connectivity index (χ1v) is 8.10. The van der Waals surface area contributed by atoms with Gasteiger partial charge in [0, 0.05) is 19.2 Å². The van der Waals surface area contributed by atoms with Crippen LogP contribution in [0.2, 0.25) is 0 Å². The first kappa shape index (κ1) is 15.4. The van der Waals surface area contributed by atoms with Crippen LogP contribution in [-0.4, -0.2) is 20.9 Å². The maximum atomic E-state index is 12.4. The van der Waals surface area contributed by atoms with E-state index in [0.717, 1.165) is 16.6 Å². The van der Waals surface area contributed by atoms with E-state index in [1.54, 1.807) is 16.7 Å². The molecule has 0 saturated carbocycles. The van der Waals surface area contributed by atoms with Gasteiger partial charge in [0.1, 0.15) is 5.65 Å². The summed E-state index contributed by atoms with van der Waals surface area (Å²) in [6.45, 7) is 2.68. The summed E-state index contributed by atoms with van der Waals surface area (Å²) >= 11 is 0. The van der Waals surface area contributed by atoms with Crippen molar-refractivity contribution in [3.8, 4) is 22.8 Å². The van der Waals surface area contributed by atoms with E-state index in [1.165, 1.54) is 7.05 Å². The summed E-state index contributed by atoms with van der Waals surface area (Å²) in [5.74, 6) is 1.36. The van der Waals surface area contributed by atoms with Crippen molar-refractivity contribution in [3.63, 3.8) is 0 Å². The van der Waals surface area contributed by atoms with E-state index in [-0.39, 0.29) is 18.0 Å². The molecular weight excluding hydrogens is 322 g/mol. The highest BCUT2D eigenvalue weighted by Gasteiger charge is 2.16. The Bertz CT molecular complexity index is 1100. The van der Waals surface area contributed by atoms with Gasteiger partial charge >= 0.3 is 5.69 Å². The lowest BCUT2D eigenvalue weighted by atomic mass is 10.1. The monoisotopic (exact) mass is 339 g/mol. The topological polar surface area (TPSA) is 75.4 Å². The van der Waals surface area contributed by atoms with Crippen molar-refractivity contribution in [1.82, 2.24) is 14.1 Å². The fourth-order valence-corrected chi connectivity index (χ4v) is 3.00. The van der Waals surface area contributed by atoms with Gasteiger partial charge in [-0.25, -0.2) is 9.78 Å². The van der Waals surface area contributed by atoms with E-state index in [4.69, 9.17) is 9.47 Å². The third-order valence-electron chi connectivity index (χ3n) is 4.30. The first-order chi connectivity index (χ1) is 12.1. The summed E-state index contributed by atoms with van der Waals surface area (Å²) in [6, 6.07) is 9.05. The molecule has 1 aromatic carbocycles. The molecule has 0 amide bonds. The molecule has 1 aliphatic heterocycles. The molecule has 0 unspecified atom stereocenters. The minimum Gasteiger partial charge on any atom is -0.454 e. The second-order valence-electron chi connectivity index (χ2n) is 5.93. The van der Waals surface area contributed by atoms with Gasteiger partial charge in [0.25, 0.3) is 5.56 Å². The van der Waals surface area contributed by atoms with Gasteiger partial charge in [0.2, 0.25) is 6.79 Å². The van der Waals surface area contributed by atoms with E-state index < -0.39 is 0 Å². The standard InChI is InChI=1S/C18H17N3O4/c1-3-8-21-16-12(17(22)20(2)18(21)23)5-6-13(19-16)11-4-7-14-15(9-11)25-10-24-14/h4-7,9H,3,8,10H2,1-2H3. The molecule has 0 fully saturated rings. The Morgan fingerprint density at radius 1 is 1.12 bits per heavy atom. The summed E-state index contributed by atoms with van der Waals surface area (Å²) in [5, 5.41) is 0.431. The van der Waals surface area contributed by atoms with E-state index in [0.29, 0.717) is 34.8 Å². The number of ether oxygens (including phenoxy) is 2. The number of fused-ring (bicyclic) bond motifs is 2. The molecule has 128 valence electrons. The van der Waals surface area contributed by atoms with Gasteiger partial charge in [0.15, 0.2) is 11.5 Å². The molecule has 2 aromatic heterocycles. The van der Waals surface area contributed by atoms with Gasteiger partial charge in [-0.2, -0.15) is 0 Å². The van der Waals surface area contributed by atoms with Crippen LogP contribution in [0.4, 0.5) is 0 Å². The van der Waals surface area contributed by atoms with Crippen molar-refractivity contribution in [2.45, 2.75) is 19.9 Å². The first-order valence-electron chi connectivity index (χ1n) is 8.10. The predicted octanol–water partition coefficient (Wildman–Crippen LogP) is 1.90. The molecule has 0 spiro atoms. The lowest BCUT2D eigenvalue weighted by Gasteiger charge is -2.11. The fourth-order valence-electron chi connectivity index (χ4n) is 3.00. The largest absolute Gasteiger partial charge is 0.454 e. The van der Waals surface area contributed by atoms with Gasteiger partial charge in [0.05, 0.1) is 11.1 Å². The molecule has 0 radical (unpaired) electrons. The van der Waals surface area contributed by atoms with Crippen LogP contribution in [0.1, 0.15) is 13.3 Å². The van der Waals surface area contributed by atoms with E-state index in [1.807, 2.05) is 25.1 Å². The third-order valence-corrected chi connectivity index (χ3v) is 4.30. The van der Waals surface area contributed by atoms with Gasteiger partial charge < -0.3 is 9.47 Å². The zero-order valence-corrected chi connectivity index (χ0v) is 14.0. The molecule has 3 heterocycles. The number of aromatic nitrogens is 3. The molecule has 4 rings (SSSR count). The Labute approximate surface area is 143 Å². The van der Waals surface area contributed by atoms with Crippen LogP contribution in [0.5, 0.6) is 11.5 Å². The zero-order chi connectivity index (χ0) is 17.6. The highest BCUT2D eigenvalue weighted by Crippen LogP contribution is 2.35. The van der Waals surface area contributed by atoms with Crippen molar-refractivity contribution in [3.05, 3.63) is 51.2 Å². The van der Waals surface area contributed by atoms with Crippen LogP contribution >= 0.6 is 0 Å². The van der Waals surface area contributed by atoms with Gasteiger partial charge in [-0.3, -0.25) is 13.9 Å². The van der Waals surface area contributed by atoms with Crippen molar-refractivity contribution >= 4 is 11.0 Å². The summed E-state index contributed by atoms with van der Waals surface area (Å²) in [4.78, 5) is 29.4. The van der Waals surface area contributed by atoms with Crippen molar-refractivity contribution in [1.29, 1.82) is 0 Å². The lowest BCUT2D eigenvalue weighted by molar-refractivity contribution is 0.174. The number of pyridine rings is 1. The minimum atomic E-state index is -0.352. The normalized spacial score (nSPS) is 12.7. The smallest absolute Gasteiger partial charge is 0.332 e. The van der Waals surface area contributed by atoms with Crippen LogP contribution in [0.15, 0.2) is 39.9 Å². The van der Waals surface area contributed by atoms with Gasteiger partial charge in [-0.15, -0.1) is 0 Å². The Balaban J connectivity index is 1.96. The molecule has 25 heavy (non-hydrogen) atoms.